The molecule has 0 atom stereocenters. The maximum absolute atomic E-state index is 13.2. The summed E-state index contributed by atoms with van der Waals surface area (Å²) in [4.78, 5) is 8.67. The van der Waals surface area contributed by atoms with Crippen molar-refractivity contribution in [3.63, 3.8) is 0 Å². The van der Waals surface area contributed by atoms with E-state index in [4.69, 9.17) is 4.52 Å². The number of nitrogens with one attached hydrogen (secondary N) is 1. The van der Waals surface area contributed by atoms with E-state index in [1.54, 1.807) is 31.5 Å². The number of halogens is 1. The highest BCUT2D eigenvalue weighted by atomic mass is 19.1. The summed E-state index contributed by atoms with van der Waals surface area (Å²) in [6, 6.07) is 10.2. The molecule has 0 radical (unpaired) electrons. The normalized spacial score (nSPS) is 11.3. The Hall–Kier alpha value is -3.81. The molecule has 0 spiro atoms. The van der Waals surface area contributed by atoms with Gasteiger partial charge in [0.25, 0.3) is 0 Å². The van der Waals surface area contributed by atoms with Crippen molar-refractivity contribution in [2.45, 2.75) is 6.92 Å². The average molecular weight is 360 g/mol. The molecular weight excluding hydrogens is 347 g/mol. The van der Waals surface area contributed by atoms with Crippen LogP contribution in [0.4, 0.5) is 4.39 Å². The molecule has 0 saturated heterocycles. The number of pyridine rings is 1. The number of hydrogen-bond donors (Lipinski definition) is 1. The molecular formula is C19H13FN6O. The monoisotopic (exact) mass is 360 g/mol. The Bertz CT molecular complexity index is 1250. The molecule has 8 heteroatoms. The van der Waals surface area contributed by atoms with Crippen LogP contribution in [-0.4, -0.2) is 29.7 Å². The molecule has 0 saturated carbocycles. The molecule has 0 unspecified atom stereocenters. The second-order valence-corrected chi connectivity index (χ2v) is 6.09. The maximum Gasteiger partial charge on any atom is 0.223 e. The number of aryl methyl sites for hydroxylation is 1. The van der Waals surface area contributed by atoms with Crippen LogP contribution in [0.1, 0.15) is 5.89 Å². The SMILES string of the molecule is Cc1nc(-c2cnc3ccc(-c4cn[nH]c4-c4ccc(F)cc4)cn23)no1. The van der Waals surface area contributed by atoms with E-state index in [2.05, 4.69) is 25.3 Å². The zero-order valence-electron chi connectivity index (χ0n) is 14.2. The summed E-state index contributed by atoms with van der Waals surface area (Å²) >= 11 is 0. The molecule has 0 aliphatic carbocycles. The fourth-order valence-electron chi connectivity index (χ4n) is 3.05. The predicted molar refractivity (Wildman–Crippen MR) is 96.2 cm³/mol. The Morgan fingerprint density at radius 1 is 1.04 bits per heavy atom. The van der Waals surface area contributed by atoms with Gasteiger partial charge in [-0.2, -0.15) is 10.1 Å². The Morgan fingerprint density at radius 3 is 2.63 bits per heavy atom. The summed E-state index contributed by atoms with van der Waals surface area (Å²) in [7, 11) is 0. The molecule has 0 aliphatic rings. The third-order valence-corrected chi connectivity index (χ3v) is 4.35. The second kappa shape index (κ2) is 5.87. The first kappa shape index (κ1) is 15.4. The highest BCUT2D eigenvalue weighted by Crippen LogP contribution is 2.31. The van der Waals surface area contributed by atoms with Gasteiger partial charge in [-0.15, -0.1) is 0 Å². The smallest absolute Gasteiger partial charge is 0.223 e. The Labute approximate surface area is 152 Å². The number of nitrogens with zero attached hydrogens (tertiary/aromatic N) is 5. The van der Waals surface area contributed by atoms with Crippen molar-refractivity contribution < 1.29 is 8.91 Å². The largest absolute Gasteiger partial charge is 0.339 e. The average Bonchev–Trinajstić information content (AvgIpc) is 3.40. The van der Waals surface area contributed by atoms with Crippen molar-refractivity contribution in [3.05, 3.63) is 66.7 Å². The number of fused-ring (bicyclic) bond motifs is 1. The number of aromatic amines is 1. The third kappa shape index (κ3) is 2.58. The maximum atomic E-state index is 13.2. The van der Waals surface area contributed by atoms with Gasteiger partial charge in [0.05, 0.1) is 18.1 Å². The van der Waals surface area contributed by atoms with Crippen molar-refractivity contribution in [2.24, 2.45) is 0 Å². The minimum absolute atomic E-state index is 0.278. The van der Waals surface area contributed by atoms with Gasteiger partial charge in [0.2, 0.25) is 11.7 Å². The van der Waals surface area contributed by atoms with Gasteiger partial charge in [-0.3, -0.25) is 9.50 Å². The predicted octanol–water partition coefficient (Wildman–Crippen LogP) is 3.89. The van der Waals surface area contributed by atoms with Gasteiger partial charge < -0.3 is 4.52 Å². The van der Waals surface area contributed by atoms with Crippen molar-refractivity contribution in [2.75, 3.05) is 0 Å². The van der Waals surface area contributed by atoms with Crippen LogP contribution in [0.2, 0.25) is 0 Å². The molecule has 4 heterocycles. The Morgan fingerprint density at radius 2 is 1.85 bits per heavy atom. The minimum Gasteiger partial charge on any atom is -0.339 e. The summed E-state index contributed by atoms with van der Waals surface area (Å²) in [5.41, 5.74) is 4.98. The molecule has 0 fully saturated rings. The molecule has 0 aliphatic heterocycles. The summed E-state index contributed by atoms with van der Waals surface area (Å²) < 4.78 is 20.2. The highest BCUT2D eigenvalue weighted by molar-refractivity contribution is 5.80. The first-order chi connectivity index (χ1) is 13.2. The van der Waals surface area contributed by atoms with Crippen LogP contribution in [-0.2, 0) is 0 Å². The van der Waals surface area contributed by atoms with Crippen LogP contribution in [0.5, 0.6) is 0 Å². The van der Waals surface area contributed by atoms with E-state index in [0.717, 1.165) is 33.7 Å². The molecule has 5 rings (SSSR count). The van der Waals surface area contributed by atoms with Crippen molar-refractivity contribution >= 4 is 5.65 Å². The van der Waals surface area contributed by atoms with Crippen LogP contribution < -0.4 is 0 Å². The van der Waals surface area contributed by atoms with Gasteiger partial charge in [0.1, 0.15) is 17.2 Å². The van der Waals surface area contributed by atoms with Gasteiger partial charge in [-0.1, -0.05) is 5.16 Å². The van der Waals surface area contributed by atoms with Crippen molar-refractivity contribution in [1.82, 2.24) is 29.7 Å². The summed E-state index contributed by atoms with van der Waals surface area (Å²) in [5.74, 6) is 0.687. The lowest BCUT2D eigenvalue weighted by Gasteiger charge is -2.06. The van der Waals surface area contributed by atoms with Gasteiger partial charge in [-0.05, 0) is 36.4 Å². The van der Waals surface area contributed by atoms with Gasteiger partial charge >= 0.3 is 0 Å². The lowest BCUT2D eigenvalue weighted by atomic mass is 10.0. The number of hydrogen-bond acceptors (Lipinski definition) is 5. The molecule has 132 valence electrons. The van der Waals surface area contributed by atoms with E-state index in [1.807, 2.05) is 22.7 Å². The number of rotatable bonds is 3. The molecule has 7 nitrogen and oxygen atoms in total. The molecule has 1 N–H and O–H groups in total. The molecule has 5 aromatic rings. The fourth-order valence-corrected chi connectivity index (χ4v) is 3.05. The number of imidazole rings is 1. The second-order valence-electron chi connectivity index (χ2n) is 6.09. The van der Waals surface area contributed by atoms with E-state index in [-0.39, 0.29) is 5.82 Å². The van der Waals surface area contributed by atoms with Crippen molar-refractivity contribution in [1.29, 1.82) is 0 Å². The zero-order valence-corrected chi connectivity index (χ0v) is 14.2. The Balaban J connectivity index is 1.64. The van der Waals surface area contributed by atoms with Crippen LogP contribution in [0, 0.1) is 12.7 Å². The standard InChI is InChI=1S/C19H13FN6O/c1-11-23-19(25-27-11)16-9-21-17-7-4-13(10-26(16)17)15-8-22-24-18(15)12-2-5-14(20)6-3-12/h2-10H,1H3,(H,22,24). The van der Waals surface area contributed by atoms with Crippen molar-refractivity contribution in [3.8, 4) is 33.9 Å². The first-order valence-corrected chi connectivity index (χ1v) is 8.26. The zero-order chi connectivity index (χ0) is 18.4. The molecule has 1 aromatic carbocycles. The third-order valence-electron chi connectivity index (χ3n) is 4.35. The van der Waals surface area contributed by atoms with Gasteiger partial charge in [0, 0.05) is 29.8 Å². The number of H-pyrrole nitrogens is 1. The molecule has 0 bridgehead atoms. The van der Waals surface area contributed by atoms with Crippen LogP contribution in [0.15, 0.2) is 59.5 Å². The van der Waals surface area contributed by atoms with Crippen LogP contribution in [0.3, 0.4) is 0 Å². The lowest BCUT2D eigenvalue weighted by Crippen LogP contribution is -1.92. The quantitative estimate of drug-likeness (QED) is 0.528. The molecule has 0 amide bonds. The fraction of sp³-hybridized carbons (Fsp3) is 0.0526. The topological polar surface area (TPSA) is 84.9 Å². The van der Waals surface area contributed by atoms with Gasteiger partial charge in [0.15, 0.2) is 0 Å². The first-order valence-electron chi connectivity index (χ1n) is 8.26. The summed E-state index contributed by atoms with van der Waals surface area (Å²) in [5, 5.41) is 11.1. The van der Waals surface area contributed by atoms with E-state index >= 15 is 0 Å². The van der Waals surface area contributed by atoms with E-state index < -0.39 is 0 Å². The summed E-state index contributed by atoms with van der Waals surface area (Å²) in [6.45, 7) is 1.74. The summed E-state index contributed by atoms with van der Waals surface area (Å²) in [6.07, 6.45) is 5.40. The lowest BCUT2D eigenvalue weighted by molar-refractivity contribution is 0.394. The van der Waals surface area contributed by atoms with E-state index in [0.29, 0.717) is 11.7 Å². The highest BCUT2D eigenvalue weighted by Gasteiger charge is 2.15. The van der Waals surface area contributed by atoms with E-state index in [1.165, 1.54) is 12.1 Å². The van der Waals surface area contributed by atoms with E-state index in [9.17, 15) is 4.39 Å². The van der Waals surface area contributed by atoms with Gasteiger partial charge in [-0.25, -0.2) is 9.37 Å². The number of benzene rings is 1. The van der Waals surface area contributed by atoms with Crippen LogP contribution >= 0.6 is 0 Å². The Kier molecular flexibility index (Phi) is 3.36. The molecule has 27 heavy (non-hydrogen) atoms. The minimum atomic E-state index is -0.278. The number of aromatic nitrogens is 6. The van der Waals surface area contributed by atoms with Crippen LogP contribution in [0.25, 0.3) is 39.5 Å². The molecule has 4 aromatic heterocycles.